The SMILES string of the molecule is CCCCOC(=O)c1ccc(O)c2nc(OC)ccc12. The zero-order chi connectivity index (χ0) is 14.5. The summed E-state index contributed by atoms with van der Waals surface area (Å²) in [5, 5.41) is 10.4. The van der Waals surface area contributed by atoms with Crippen LogP contribution in [0.4, 0.5) is 0 Å². The highest BCUT2D eigenvalue weighted by atomic mass is 16.5. The fourth-order valence-corrected chi connectivity index (χ4v) is 1.86. The summed E-state index contributed by atoms with van der Waals surface area (Å²) in [5.74, 6) is -0.0243. The Kier molecular flexibility index (Phi) is 4.40. The normalized spacial score (nSPS) is 10.5. The van der Waals surface area contributed by atoms with E-state index in [0.717, 1.165) is 12.8 Å². The Balaban J connectivity index is 2.39. The summed E-state index contributed by atoms with van der Waals surface area (Å²) in [5.41, 5.74) is 0.721. The molecular formula is C15H17NO4. The summed E-state index contributed by atoms with van der Waals surface area (Å²) in [7, 11) is 1.49. The van der Waals surface area contributed by atoms with E-state index in [-0.39, 0.29) is 5.75 Å². The highest BCUT2D eigenvalue weighted by Gasteiger charge is 2.15. The van der Waals surface area contributed by atoms with Gasteiger partial charge in [-0.1, -0.05) is 13.3 Å². The first-order valence-electron chi connectivity index (χ1n) is 6.51. The smallest absolute Gasteiger partial charge is 0.338 e. The van der Waals surface area contributed by atoms with Gasteiger partial charge in [-0.05, 0) is 24.6 Å². The zero-order valence-electron chi connectivity index (χ0n) is 11.5. The lowest BCUT2D eigenvalue weighted by Crippen LogP contribution is -2.07. The molecule has 0 fully saturated rings. The number of phenols is 1. The molecule has 5 nitrogen and oxygen atoms in total. The molecule has 20 heavy (non-hydrogen) atoms. The zero-order valence-corrected chi connectivity index (χ0v) is 11.5. The van der Waals surface area contributed by atoms with Crippen molar-refractivity contribution < 1.29 is 19.4 Å². The standard InChI is InChI=1S/C15H17NO4/c1-3-4-9-20-15(18)11-5-7-12(17)14-10(11)6-8-13(16-14)19-2/h5-8,17H,3-4,9H2,1-2H3. The number of carbonyl (C=O) groups excluding carboxylic acids is 1. The molecule has 0 amide bonds. The van der Waals surface area contributed by atoms with Crippen molar-refractivity contribution in [2.45, 2.75) is 19.8 Å². The predicted octanol–water partition coefficient (Wildman–Crippen LogP) is 2.91. The van der Waals surface area contributed by atoms with E-state index in [0.29, 0.717) is 29.0 Å². The van der Waals surface area contributed by atoms with Gasteiger partial charge in [0.2, 0.25) is 5.88 Å². The van der Waals surface area contributed by atoms with E-state index in [2.05, 4.69) is 4.98 Å². The van der Waals surface area contributed by atoms with Crippen LogP contribution < -0.4 is 4.74 Å². The van der Waals surface area contributed by atoms with Crippen LogP contribution in [0.2, 0.25) is 0 Å². The molecule has 1 heterocycles. The average molecular weight is 275 g/mol. The van der Waals surface area contributed by atoms with Crippen LogP contribution >= 0.6 is 0 Å². The molecular weight excluding hydrogens is 258 g/mol. The third kappa shape index (κ3) is 2.82. The Bertz CT molecular complexity index is 625. The van der Waals surface area contributed by atoms with Gasteiger partial charge >= 0.3 is 5.97 Å². The van der Waals surface area contributed by atoms with Crippen LogP contribution in [0.5, 0.6) is 11.6 Å². The molecule has 0 unspecified atom stereocenters. The number of rotatable bonds is 5. The van der Waals surface area contributed by atoms with Gasteiger partial charge in [-0.15, -0.1) is 0 Å². The molecule has 0 aliphatic heterocycles. The molecule has 0 saturated carbocycles. The molecule has 106 valence electrons. The van der Waals surface area contributed by atoms with Crippen LogP contribution in [0.1, 0.15) is 30.1 Å². The number of unbranched alkanes of at least 4 members (excludes halogenated alkanes) is 1. The van der Waals surface area contributed by atoms with Crippen LogP contribution in [0.25, 0.3) is 10.9 Å². The first kappa shape index (κ1) is 14.1. The minimum atomic E-state index is -0.407. The first-order valence-corrected chi connectivity index (χ1v) is 6.51. The maximum Gasteiger partial charge on any atom is 0.338 e. The summed E-state index contributed by atoms with van der Waals surface area (Å²) in [4.78, 5) is 16.2. The Morgan fingerprint density at radius 1 is 1.30 bits per heavy atom. The molecule has 0 saturated heterocycles. The Morgan fingerprint density at radius 3 is 2.80 bits per heavy atom. The summed E-state index contributed by atoms with van der Waals surface area (Å²) in [6.45, 7) is 2.42. The lowest BCUT2D eigenvalue weighted by molar-refractivity contribution is 0.0502. The Hall–Kier alpha value is -2.30. The molecule has 5 heteroatoms. The number of hydrogen-bond donors (Lipinski definition) is 1. The van der Waals surface area contributed by atoms with Gasteiger partial charge in [0.25, 0.3) is 0 Å². The largest absolute Gasteiger partial charge is 0.506 e. The Labute approximate surface area is 117 Å². The van der Waals surface area contributed by atoms with Crippen molar-refractivity contribution in [1.29, 1.82) is 0 Å². The number of methoxy groups -OCH3 is 1. The number of pyridine rings is 1. The van der Waals surface area contributed by atoms with Crippen LogP contribution in [0.3, 0.4) is 0 Å². The maximum atomic E-state index is 12.0. The topological polar surface area (TPSA) is 68.7 Å². The summed E-state index contributed by atoms with van der Waals surface area (Å²) >= 11 is 0. The third-order valence-electron chi connectivity index (χ3n) is 2.97. The van der Waals surface area contributed by atoms with Gasteiger partial charge in [0.05, 0.1) is 19.3 Å². The summed E-state index contributed by atoms with van der Waals surface area (Å²) < 4.78 is 10.2. The van der Waals surface area contributed by atoms with Crippen molar-refractivity contribution >= 4 is 16.9 Å². The van der Waals surface area contributed by atoms with E-state index in [1.54, 1.807) is 18.2 Å². The van der Waals surface area contributed by atoms with E-state index in [1.807, 2.05) is 6.92 Å². The fourth-order valence-electron chi connectivity index (χ4n) is 1.86. The second kappa shape index (κ2) is 6.23. The van der Waals surface area contributed by atoms with E-state index in [9.17, 15) is 9.90 Å². The van der Waals surface area contributed by atoms with Crippen LogP contribution in [-0.2, 0) is 4.74 Å². The third-order valence-corrected chi connectivity index (χ3v) is 2.97. The molecule has 0 spiro atoms. The monoisotopic (exact) mass is 275 g/mol. The van der Waals surface area contributed by atoms with Crippen molar-refractivity contribution in [1.82, 2.24) is 4.98 Å². The minimum Gasteiger partial charge on any atom is -0.506 e. The molecule has 1 aromatic heterocycles. The highest BCUT2D eigenvalue weighted by Crippen LogP contribution is 2.28. The lowest BCUT2D eigenvalue weighted by atomic mass is 10.1. The number of fused-ring (bicyclic) bond motifs is 1. The summed E-state index contributed by atoms with van der Waals surface area (Å²) in [6, 6.07) is 6.31. The number of phenolic OH excluding ortho intramolecular Hbond substituents is 1. The van der Waals surface area contributed by atoms with Crippen LogP contribution in [0, 0.1) is 0 Å². The Morgan fingerprint density at radius 2 is 2.10 bits per heavy atom. The van der Waals surface area contributed by atoms with E-state index in [1.165, 1.54) is 13.2 Å². The average Bonchev–Trinajstić information content (AvgIpc) is 2.47. The van der Waals surface area contributed by atoms with Gasteiger partial charge in [0, 0.05) is 11.5 Å². The summed E-state index contributed by atoms with van der Waals surface area (Å²) in [6.07, 6.45) is 1.79. The van der Waals surface area contributed by atoms with Crippen molar-refractivity contribution in [3.63, 3.8) is 0 Å². The van der Waals surface area contributed by atoms with Crippen molar-refractivity contribution in [2.75, 3.05) is 13.7 Å². The lowest BCUT2D eigenvalue weighted by Gasteiger charge is -2.09. The predicted molar refractivity (Wildman–Crippen MR) is 75.2 cm³/mol. The van der Waals surface area contributed by atoms with E-state index >= 15 is 0 Å². The molecule has 2 aromatic rings. The fraction of sp³-hybridized carbons (Fsp3) is 0.333. The highest BCUT2D eigenvalue weighted by molar-refractivity contribution is 6.05. The van der Waals surface area contributed by atoms with E-state index in [4.69, 9.17) is 9.47 Å². The van der Waals surface area contributed by atoms with Gasteiger partial charge in [-0.3, -0.25) is 0 Å². The van der Waals surface area contributed by atoms with Crippen LogP contribution in [0.15, 0.2) is 24.3 Å². The minimum absolute atomic E-state index is 0.00371. The van der Waals surface area contributed by atoms with Gasteiger partial charge in [0.1, 0.15) is 11.3 Å². The maximum absolute atomic E-state index is 12.0. The quantitative estimate of drug-likeness (QED) is 0.671. The molecule has 0 atom stereocenters. The first-order chi connectivity index (χ1) is 9.67. The molecule has 0 aliphatic carbocycles. The molecule has 2 rings (SSSR count). The second-order valence-corrected chi connectivity index (χ2v) is 4.37. The number of aromatic nitrogens is 1. The van der Waals surface area contributed by atoms with Crippen molar-refractivity contribution in [3.05, 3.63) is 29.8 Å². The van der Waals surface area contributed by atoms with E-state index < -0.39 is 5.97 Å². The number of aromatic hydroxyl groups is 1. The van der Waals surface area contributed by atoms with Gasteiger partial charge in [0.15, 0.2) is 0 Å². The number of benzene rings is 1. The second-order valence-electron chi connectivity index (χ2n) is 4.37. The molecule has 0 bridgehead atoms. The number of nitrogens with zero attached hydrogens (tertiary/aromatic N) is 1. The van der Waals surface area contributed by atoms with Gasteiger partial charge in [-0.25, -0.2) is 9.78 Å². The van der Waals surface area contributed by atoms with Crippen molar-refractivity contribution in [3.8, 4) is 11.6 Å². The molecule has 1 aromatic carbocycles. The molecule has 1 N–H and O–H groups in total. The van der Waals surface area contributed by atoms with Gasteiger partial charge < -0.3 is 14.6 Å². The molecule has 0 aliphatic rings. The van der Waals surface area contributed by atoms with Crippen molar-refractivity contribution in [2.24, 2.45) is 0 Å². The number of hydrogen-bond acceptors (Lipinski definition) is 5. The number of ether oxygens (including phenoxy) is 2. The molecule has 0 radical (unpaired) electrons. The number of carbonyl (C=O) groups is 1. The van der Waals surface area contributed by atoms with Gasteiger partial charge in [-0.2, -0.15) is 0 Å². The van der Waals surface area contributed by atoms with Crippen LogP contribution in [-0.4, -0.2) is 29.8 Å². The number of esters is 1.